The van der Waals surface area contributed by atoms with Gasteiger partial charge in [-0.25, -0.2) is 0 Å². The molecule has 0 aromatic carbocycles. The Kier molecular flexibility index (Phi) is 291. The average Bonchev–Trinajstić information content (AvgIpc) is 0. The third-order valence-corrected chi connectivity index (χ3v) is 0. The van der Waals surface area contributed by atoms with Gasteiger partial charge in [-0.3, -0.25) is 0 Å². The van der Waals surface area contributed by atoms with Gasteiger partial charge in [-0.2, -0.15) is 0 Å². The van der Waals surface area contributed by atoms with Gasteiger partial charge in [0, 0.05) is 36.5 Å². The average molecular weight is 512 g/mol. The van der Waals surface area contributed by atoms with Crippen molar-refractivity contribution in [1.82, 2.24) is 0 Å². The van der Waals surface area contributed by atoms with Crippen LogP contribution in [0.5, 0.6) is 0 Å². The van der Waals surface area contributed by atoms with Crippen molar-refractivity contribution in [2.24, 2.45) is 0 Å². The maximum absolute atomic E-state index is 0. The van der Waals surface area contributed by atoms with Crippen LogP contribution in [0.25, 0.3) is 0 Å². The van der Waals surface area contributed by atoms with Crippen LogP contribution < -0.4 is 0 Å². The third-order valence-electron chi connectivity index (χ3n) is 0. The molecule has 0 aliphatic heterocycles. The molecule has 2 radical (unpaired) electrons. The maximum Gasteiger partial charge on any atom is 0 e. The monoisotopic (exact) mass is 510 g/mol. The molecule has 0 fully saturated rings. The first-order valence-corrected chi connectivity index (χ1v) is 0. The molecule has 0 saturated carbocycles. The first-order valence-electron chi connectivity index (χ1n) is 0. The van der Waals surface area contributed by atoms with Crippen LogP contribution in [0.1, 0.15) is 2.85 Å². The molecule has 0 aromatic heterocycles. The number of hydrogen-bond donors (Lipinski definition) is 0. The Hall–Kier alpha value is 4.14. The molecule has 0 N–H and O–H groups in total. The molecule has 0 unspecified atom stereocenters. The van der Waals surface area contributed by atoms with E-state index in [0.29, 0.717) is 0 Å². The fourth-order valence-corrected chi connectivity index (χ4v) is 0. The molecule has 0 spiro atoms. The van der Waals surface area contributed by atoms with Gasteiger partial charge in [0.15, 0.2) is 17.4 Å². The van der Waals surface area contributed by atoms with Crippen LogP contribution in [0, 0.1) is 0 Å². The third kappa shape index (κ3) is 24.2. The fourth-order valence-electron chi connectivity index (χ4n) is 0. The molecule has 0 heterocycles. The SMILES string of the molecule is [AlH3].[BiH3].[H-].[H-].[Mg+2].[Mn].[SbH2].[Zn]. The van der Waals surface area contributed by atoms with Gasteiger partial charge < -0.3 is 2.85 Å². The molecule has 0 bridgehead atoms. The van der Waals surface area contributed by atoms with E-state index in [9.17, 15) is 0 Å². The summed E-state index contributed by atoms with van der Waals surface area (Å²) in [6.45, 7) is 0. The van der Waals surface area contributed by atoms with Crippen molar-refractivity contribution in [3.63, 3.8) is 0 Å². The largest absolute Gasteiger partial charge is 0 e. The molecule has 6 heteroatoms. The topological polar surface area (TPSA) is 0 Å². The maximum atomic E-state index is 0. The van der Waals surface area contributed by atoms with Crippen molar-refractivity contribution in [3.05, 3.63) is 0 Å². The molecular formula is H10AlBiMgMnSbZn. The molecular weight excluding hydrogens is 502 g/mol. The zero-order valence-electron chi connectivity index (χ0n) is 5.08. The minimum absolute atomic E-state index is 0. The summed E-state index contributed by atoms with van der Waals surface area (Å²) in [6, 6.07) is 0. The number of hydrogen-bond acceptors (Lipinski definition) is 0. The van der Waals surface area contributed by atoms with Crippen molar-refractivity contribution in [2.45, 2.75) is 0 Å². The minimum Gasteiger partial charge on any atom is 0 e. The quantitative estimate of drug-likeness (QED) is 0.297. The van der Waals surface area contributed by atoms with Gasteiger partial charge in [0.1, 0.15) is 0 Å². The van der Waals surface area contributed by atoms with E-state index in [2.05, 4.69) is 0 Å². The summed E-state index contributed by atoms with van der Waals surface area (Å²) < 4.78 is 0. The zero-order valence-corrected chi connectivity index (χ0v) is 17.4. The van der Waals surface area contributed by atoms with Gasteiger partial charge in [0.05, 0.1) is 0 Å². The summed E-state index contributed by atoms with van der Waals surface area (Å²) in [7, 11) is 0. The summed E-state index contributed by atoms with van der Waals surface area (Å²) >= 11 is 0. The Labute approximate surface area is 128 Å². The van der Waals surface area contributed by atoms with Crippen molar-refractivity contribution in [3.8, 4) is 0 Å². The van der Waals surface area contributed by atoms with Crippen LogP contribution in [0.2, 0.25) is 0 Å². The summed E-state index contributed by atoms with van der Waals surface area (Å²) in [5.74, 6) is 0. The molecule has 0 nitrogen and oxygen atoms in total. The molecule has 0 aliphatic rings. The second kappa shape index (κ2) is 35.3. The summed E-state index contributed by atoms with van der Waals surface area (Å²) in [5, 5.41) is 0. The van der Waals surface area contributed by atoms with E-state index in [1.54, 1.807) is 0 Å². The van der Waals surface area contributed by atoms with Gasteiger partial charge in [0.25, 0.3) is 0 Å². The second-order valence-corrected chi connectivity index (χ2v) is 0. The van der Waals surface area contributed by atoms with Gasteiger partial charge in [-0.05, 0) is 0 Å². The molecule has 0 aromatic rings. The molecule has 0 atom stereocenters. The smallest absolute Gasteiger partial charge is 0 e. The predicted octanol–water partition coefficient (Wildman–Crippen LogP) is -3.44. The van der Waals surface area contributed by atoms with Crippen molar-refractivity contribution >= 4 is 91.0 Å². The Morgan fingerprint density at radius 2 is 1.17 bits per heavy atom. The number of rotatable bonds is 0. The van der Waals surface area contributed by atoms with Crippen molar-refractivity contribution in [2.75, 3.05) is 0 Å². The van der Waals surface area contributed by atoms with Crippen LogP contribution in [0.15, 0.2) is 0 Å². The van der Waals surface area contributed by atoms with Gasteiger partial charge in [0.2, 0.25) is 0 Å². The Morgan fingerprint density at radius 1 is 1.17 bits per heavy atom. The first-order chi connectivity index (χ1) is 0. The van der Waals surface area contributed by atoms with Crippen LogP contribution in [-0.2, 0) is 36.5 Å². The normalized spacial score (nSPS) is 0. The molecule has 0 amide bonds. The molecule has 6 heavy (non-hydrogen) atoms. The Balaban J connectivity index is 0. The van der Waals surface area contributed by atoms with E-state index in [1.807, 2.05) is 0 Å². The van der Waals surface area contributed by atoms with E-state index < -0.39 is 0 Å². The second-order valence-electron chi connectivity index (χ2n) is 0. The first kappa shape index (κ1) is 49.4. The van der Waals surface area contributed by atoms with E-state index in [0.717, 1.165) is 0 Å². The standard InChI is InChI=1S/Al.Bi.Mg.Mn.Sb.Zn.10H/q;;+2;;;;;;;;;;;;2*-1. The van der Waals surface area contributed by atoms with E-state index in [1.165, 1.54) is 0 Å². The van der Waals surface area contributed by atoms with Crippen LogP contribution in [-0.4, -0.2) is 91.0 Å². The van der Waals surface area contributed by atoms with Crippen LogP contribution >= 0.6 is 0 Å². The molecule has 0 aliphatic carbocycles. The van der Waals surface area contributed by atoms with E-state index in [4.69, 9.17) is 0 Å². The minimum atomic E-state index is 0. The molecule has 0 saturated heterocycles. The van der Waals surface area contributed by atoms with Gasteiger partial charge >= 0.3 is 73.7 Å². The zero-order chi connectivity index (χ0) is 0. The van der Waals surface area contributed by atoms with Crippen LogP contribution in [0.3, 0.4) is 0 Å². The Bertz CT molecular complexity index is 22.0. The van der Waals surface area contributed by atoms with Crippen LogP contribution in [0.4, 0.5) is 0 Å². The van der Waals surface area contributed by atoms with E-state index >= 15 is 0 Å². The van der Waals surface area contributed by atoms with Crippen molar-refractivity contribution < 1.29 is 39.4 Å². The van der Waals surface area contributed by atoms with Gasteiger partial charge in [-0.15, -0.1) is 0 Å². The fraction of sp³-hybridized carbons (Fsp3) is 0. The summed E-state index contributed by atoms with van der Waals surface area (Å²) in [4.78, 5) is 0. The van der Waals surface area contributed by atoms with Gasteiger partial charge in [-0.1, -0.05) is 0 Å². The summed E-state index contributed by atoms with van der Waals surface area (Å²) in [6.07, 6.45) is 0. The molecule has 34 valence electrons. The van der Waals surface area contributed by atoms with Crippen molar-refractivity contribution in [1.29, 1.82) is 0 Å². The predicted molar refractivity (Wildman–Crippen MR) is 36.4 cm³/mol. The summed E-state index contributed by atoms with van der Waals surface area (Å²) in [5.41, 5.74) is 0. The molecule has 0 rings (SSSR count). The van der Waals surface area contributed by atoms with E-state index in [-0.39, 0.29) is 130 Å². The Morgan fingerprint density at radius 3 is 1.17 bits per heavy atom.